The van der Waals surface area contributed by atoms with Crippen molar-refractivity contribution in [2.24, 2.45) is 0 Å². The van der Waals surface area contributed by atoms with Gasteiger partial charge in [0.05, 0.1) is 13.7 Å². The van der Waals surface area contributed by atoms with Crippen molar-refractivity contribution in [3.8, 4) is 11.5 Å². The van der Waals surface area contributed by atoms with Gasteiger partial charge in [-0.3, -0.25) is 0 Å². The maximum absolute atomic E-state index is 5.58. The van der Waals surface area contributed by atoms with Crippen molar-refractivity contribution in [2.45, 2.75) is 26.3 Å². The molecule has 4 heteroatoms. The lowest BCUT2D eigenvalue weighted by Gasteiger charge is -2.14. The highest BCUT2D eigenvalue weighted by Crippen LogP contribution is 2.30. The maximum atomic E-state index is 5.58. The Bertz CT molecular complexity index is 381. The largest absolute Gasteiger partial charge is 0.493 e. The van der Waals surface area contributed by atoms with E-state index in [1.54, 1.807) is 7.11 Å². The SMILES string of the molecule is CCOc1cccc(CNCCCCN(C)C)c1OC. The molecule has 0 fully saturated rings. The average molecular weight is 280 g/mol. The van der Waals surface area contributed by atoms with Crippen LogP contribution in [0.4, 0.5) is 0 Å². The van der Waals surface area contributed by atoms with Gasteiger partial charge in [-0.1, -0.05) is 12.1 Å². The zero-order valence-electron chi connectivity index (χ0n) is 13.2. The number of nitrogens with zero attached hydrogens (tertiary/aromatic N) is 1. The molecule has 1 N–H and O–H groups in total. The molecule has 0 atom stereocenters. The van der Waals surface area contributed by atoms with Crippen LogP contribution in [0.3, 0.4) is 0 Å². The van der Waals surface area contributed by atoms with E-state index < -0.39 is 0 Å². The third-order valence-electron chi connectivity index (χ3n) is 3.09. The molecule has 20 heavy (non-hydrogen) atoms. The van der Waals surface area contributed by atoms with E-state index in [1.807, 2.05) is 19.1 Å². The first-order valence-electron chi connectivity index (χ1n) is 7.33. The highest BCUT2D eigenvalue weighted by atomic mass is 16.5. The van der Waals surface area contributed by atoms with Crippen molar-refractivity contribution in [1.29, 1.82) is 0 Å². The normalized spacial score (nSPS) is 10.8. The van der Waals surface area contributed by atoms with Crippen molar-refractivity contribution in [3.05, 3.63) is 23.8 Å². The van der Waals surface area contributed by atoms with Crippen molar-refractivity contribution >= 4 is 0 Å². The lowest BCUT2D eigenvalue weighted by atomic mass is 10.1. The molecular formula is C16H28N2O2. The fourth-order valence-corrected chi connectivity index (χ4v) is 2.10. The lowest BCUT2D eigenvalue weighted by Crippen LogP contribution is -2.18. The Morgan fingerprint density at radius 2 is 2.00 bits per heavy atom. The summed E-state index contributed by atoms with van der Waals surface area (Å²) in [5.41, 5.74) is 1.14. The first-order chi connectivity index (χ1) is 9.69. The Morgan fingerprint density at radius 1 is 1.20 bits per heavy atom. The summed E-state index contributed by atoms with van der Waals surface area (Å²) in [7, 11) is 5.91. The summed E-state index contributed by atoms with van der Waals surface area (Å²) in [5.74, 6) is 1.66. The zero-order chi connectivity index (χ0) is 14.8. The molecule has 0 radical (unpaired) electrons. The summed E-state index contributed by atoms with van der Waals surface area (Å²) < 4.78 is 11.0. The molecule has 0 spiro atoms. The highest BCUT2D eigenvalue weighted by molar-refractivity contribution is 5.46. The van der Waals surface area contributed by atoms with Crippen molar-refractivity contribution < 1.29 is 9.47 Å². The summed E-state index contributed by atoms with van der Waals surface area (Å²) in [6, 6.07) is 6.04. The molecule has 0 unspecified atom stereocenters. The van der Waals surface area contributed by atoms with E-state index in [4.69, 9.17) is 9.47 Å². The number of methoxy groups -OCH3 is 1. The van der Waals surface area contributed by atoms with E-state index >= 15 is 0 Å². The molecule has 0 saturated heterocycles. The Kier molecular flexibility index (Phi) is 8.07. The second-order valence-corrected chi connectivity index (χ2v) is 5.07. The topological polar surface area (TPSA) is 33.7 Å². The van der Waals surface area contributed by atoms with E-state index in [1.165, 1.54) is 12.8 Å². The van der Waals surface area contributed by atoms with Crippen LogP contribution in [0.5, 0.6) is 11.5 Å². The summed E-state index contributed by atoms with van der Waals surface area (Å²) in [5, 5.41) is 3.47. The van der Waals surface area contributed by atoms with E-state index in [0.717, 1.165) is 36.7 Å². The average Bonchev–Trinajstić information content (AvgIpc) is 2.43. The predicted molar refractivity (Wildman–Crippen MR) is 83.7 cm³/mol. The Labute approximate surface area is 123 Å². The molecule has 4 nitrogen and oxygen atoms in total. The minimum Gasteiger partial charge on any atom is -0.493 e. The monoisotopic (exact) mass is 280 g/mol. The van der Waals surface area contributed by atoms with Gasteiger partial charge in [0.15, 0.2) is 11.5 Å². The van der Waals surface area contributed by atoms with E-state index in [0.29, 0.717) is 6.61 Å². The molecule has 0 saturated carbocycles. The minimum atomic E-state index is 0.651. The van der Waals surface area contributed by atoms with Gasteiger partial charge < -0.3 is 19.7 Å². The van der Waals surface area contributed by atoms with Gasteiger partial charge in [0.2, 0.25) is 0 Å². The molecule has 0 bridgehead atoms. The highest BCUT2D eigenvalue weighted by Gasteiger charge is 2.09. The number of nitrogens with one attached hydrogen (secondary N) is 1. The summed E-state index contributed by atoms with van der Waals surface area (Å²) in [6.07, 6.45) is 2.40. The van der Waals surface area contributed by atoms with Gasteiger partial charge in [-0.2, -0.15) is 0 Å². The molecule has 0 aliphatic heterocycles. The van der Waals surface area contributed by atoms with Crippen LogP contribution in [0.1, 0.15) is 25.3 Å². The molecule has 0 amide bonds. The van der Waals surface area contributed by atoms with Crippen molar-refractivity contribution in [3.63, 3.8) is 0 Å². The molecule has 0 aliphatic rings. The Balaban J connectivity index is 2.41. The number of para-hydroxylation sites is 1. The zero-order valence-corrected chi connectivity index (χ0v) is 13.2. The van der Waals surface area contributed by atoms with Crippen LogP contribution in [-0.4, -0.2) is 45.8 Å². The first kappa shape index (κ1) is 16.8. The van der Waals surface area contributed by atoms with E-state index in [9.17, 15) is 0 Å². The number of ether oxygens (including phenoxy) is 2. The van der Waals surface area contributed by atoms with E-state index in [-0.39, 0.29) is 0 Å². The smallest absolute Gasteiger partial charge is 0.165 e. The second-order valence-electron chi connectivity index (χ2n) is 5.07. The maximum Gasteiger partial charge on any atom is 0.165 e. The third kappa shape index (κ3) is 5.80. The number of rotatable bonds is 10. The Morgan fingerprint density at radius 3 is 2.65 bits per heavy atom. The molecule has 1 rings (SSSR count). The van der Waals surface area contributed by atoms with Gasteiger partial charge >= 0.3 is 0 Å². The molecule has 0 heterocycles. The van der Waals surface area contributed by atoms with Crippen LogP contribution < -0.4 is 14.8 Å². The number of hydrogen-bond acceptors (Lipinski definition) is 4. The molecule has 1 aromatic rings. The van der Waals surface area contributed by atoms with Crippen LogP contribution in [0.2, 0.25) is 0 Å². The van der Waals surface area contributed by atoms with Gasteiger partial charge in [-0.25, -0.2) is 0 Å². The molecule has 0 aliphatic carbocycles. The molecule has 1 aromatic carbocycles. The molecule has 114 valence electrons. The third-order valence-corrected chi connectivity index (χ3v) is 3.09. The fourth-order valence-electron chi connectivity index (χ4n) is 2.10. The number of unbranched alkanes of at least 4 members (excludes halogenated alkanes) is 1. The summed E-state index contributed by atoms with van der Waals surface area (Å²) in [4.78, 5) is 2.22. The second kappa shape index (κ2) is 9.61. The number of benzene rings is 1. The predicted octanol–water partition coefficient (Wildman–Crippen LogP) is 2.53. The fraction of sp³-hybridized carbons (Fsp3) is 0.625. The van der Waals surface area contributed by atoms with Gasteiger partial charge in [-0.15, -0.1) is 0 Å². The summed E-state index contributed by atoms with van der Waals surface area (Å²) >= 11 is 0. The molecule has 0 aromatic heterocycles. The lowest BCUT2D eigenvalue weighted by molar-refractivity contribution is 0.308. The minimum absolute atomic E-state index is 0.651. The van der Waals surface area contributed by atoms with Crippen molar-refractivity contribution in [2.75, 3.05) is 40.9 Å². The van der Waals surface area contributed by atoms with Gasteiger partial charge in [0.25, 0.3) is 0 Å². The Hall–Kier alpha value is -1.26. The van der Waals surface area contributed by atoms with Crippen LogP contribution >= 0.6 is 0 Å². The first-order valence-corrected chi connectivity index (χ1v) is 7.33. The summed E-state index contributed by atoms with van der Waals surface area (Å²) in [6.45, 7) is 5.61. The van der Waals surface area contributed by atoms with E-state index in [2.05, 4.69) is 30.4 Å². The van der Waals surface area contributed by atoms with Crippen LogP contribution in [0, 0.1) is 0 Å². The van der Waals surface area contributed by atoms with Crippen molar-refractivity contribution in [1.82, 2.24) is 10.2 Å². The number of hydrogen-bond donors (Lipinski definition) is 1. The van der Waals surface area contributed by atoms with Gasteiger partial charge in [0, 0.05) is 12.1 Å². The van der Waals surface area contributed by atoms with Gasteiger partial charge in [0.1, 0.15) is 0 Å². The molecular weight excluding hydrogens is 252 g/mol. The van der Waals surface area contributed by atoms with Gasteiger partial charge in [-0.05, 0) is 53.0 Å². The quantitative estimate of drug-likeness (QED) is 0.668. The van der Waals surface area contributed by atoms with Crippen LogP contribution in [-0.2, 0) is 6.54 Å². The van der Waals surface area contributed by atoms with Crippen LogP contribution in [0.15, 0.2) is 18.2 Å². The standard InChI is InChI=1S/C16H28N2O2/c1-5-20-15-10-8-9-14(16(15)19-4)13-17-11-6-7-12-18(2)3/h8-10,17H,5-7,11-13H2,1-4H3. The van der Waals surface area contributed by atoms with Crippen LogP contribution in [0.25, 0.3) is 0 Å².